The number of amides is 2. The number of rotatable bonds is 5. The maximum atomic E-state index is 12.5. The van der Waals surface area contributed by atoms with Gasteiger partial charge in [-0.25, -0.2) is 0 Å². The van der Waals surface area contributed by atoms with Gasteiger partial charge in [0.1, 0.15) is 0 Å². The van der Waals surface area contributed by atoms with E-state index in [1.54, 1.807) is 4.90 Å². The molecule has 0 saturated heterocycles. The lowest BCUT2D eigenvalue weighted by Crippen LogP contribution is -2.44. The predicted octanol–water partition coefficient (Wildman–Crippen LogP) is 3.62. The third-order valence-electron chi connectivity index (χ3n) is 4.53. The highest BCUT2D eigenvalue weighted by Gasteiger charge is 2.30. The number of alkyl halides is 3. The quantitative estimate of drug-likeness (QED) is 0.876. The van der Waals surface area contributed by atoms with Gasteiger partial charge in [0.2, 0.25) is 5.91 Å². The van der Waals surface area contributed by atoms with Crippen LogP contribution in [0.3, 0.4) is 0 Å². The van der Waals surface area contributed by atoms with Crippen molar-refractivity contribution in [2.45, 2.75) is 51.2 Å². The summed E-state index contributed by atoms with van der Waals surface area (Å²) in [4.78, 5) is 25.6. The molecule has 2 amide bonds. The van der Waals surface area contributed by atoms with Gasteiger partial charge in [-0.2, -0.15) is 13.2 Å². The lowest BCUT2D eigenvalue weighted by Gasteiger charge is -2.33. The minimum atomic E-state index is -4.42. The van der Waals surface area contributed by atoms with Gasteiger partial charge in [0.05, 0.1) is 5.56 Å². The van der Waals surface area contributed by atoms with E-state index in [0.29, 0.717) is 6.54 Å². The Labute approximate surface area is 145 Å². The zero-order chi connectivity index (χ0) is 18.4. The van der Waals surface area contributed by atoms with Gasteiger partial charge in [-0.1, -0.05) is 19.3 Å². The summed E-state index contributed by atoms with van der Waals surface area (Å²) in [5, 5.41) is 2.67. The average Bonchev–Trinajstić information content (AvgIpc) is 2.58. The molecule has 1 saturated carbocycles. The molecular weight excluding hydrogens is 333 g/mol. The highest BCUT2D eigenvalue weighted by molar-refractivity contribution is 5.94. The van der Waals surface area contributed by atoms with Crippen molar-refractivity contribution < 1.29 is 22.8 Å². The van der Waals surface area contributed by atoms with Crippen molar-refractivity contribution in [2.24, 2.45) is 0 Å². The molecule has 138 valence electrons. The molecule has 0 heterocycles. The molecule has 0 atom stereocenters. The largest absolute Gasteiger partial charge is 0.416 e. The second kappa shape index (κ2) is 8.36. The van der Waals surface area contributed by atoms with Crippen LogP contribution < -0.4 is 5.32 Å². The van der Waals surface area contributed by atoms with Crippen molar-refractivity contribution in [3.05, 3.63) is 35.4 Å². The zero-order valence-corrected chi connectivity index (χ0v) is 14.2. The second-order valence-corrected chi connectivity index (χ2v) is 6.34. The molecule has 0 bridgehead atoms. The third-order valence-corrected chi connectivity index (χ3v) is 4.53. The summed E-state index contributed by atoms with van der Waals surface area (Å²) in [5.41, 5.74) is -0.621. The van der Waals surface area contributed by atoms with Crippen LogP contribution in [0.1, 0.15) is 54.9 Å². The Morgan fingerprint density at radius 2 is 1.72 bits per heavy atom. The van der Waals surface area contributed by atoms with Crippen molar-refractivity contribution in [1.82, 2.24) is 10.2 Å². The number of carbonyl (C=O) groups excluding carboxylic acids is 2. The van der Waals surface area contributed by atoms with E-state index < -0.39 is 17.6 Å². The highest BCUT2D eigenvalue weighted by atomic mass is 19.4. The van der Waals surface area contributed by atoms with E-state index in [4.69, 9.17) is 0 Å². The lowest BCUT2D eigenvalue weighted by atomic mass is 9.94. The Morgan fingerprint density at radius 1 is 1.12 bits per heavy atom. The maximum Gasteiger partial charge on any atom is 0.416 e. The number of hydrogen-bond donors (Lipinski definition) is 1. The Kier molecular flexibility index (Phi) is 6.45. The standard InChI is InChI=1S/C18H23F3N2O2/c1-13(24)23(16-5-3-2-4-6-16)12-11-22-17(25)14-7-9-15(10-8-14)18(19,20)21/h7-10,16H,2-6,11-12H2,1H3,(H,22,25). The van der Waals surface area contributed by atoms with Crippen LogP contribution in [0.2, 0.25) is 0 Å². The Hall–Kier alpha value is -2.05. The van der Waals surface area contributed by atoms with Gasteiger partial charge in [-0.3, -0.25) is 9.59 Å². The first-order valence-electron chi connectivity index (χ1n) is 8.51. The Balaban J connectivity index is 1.87. The molecule has 2 rings (SSSR count). The van der Waals surface area contributed by atoms with E-state index in [9.17, 15) is 22.8 Å². The SMILES string of the molecule is CC(=O)N(CCNC(=O)c1ccc(C(F)(F)F)cc1)C1CCCCC1. The fourth-order valence-electron chi connectivity index (χ4n) is 3.19. The van der Waals surface area contributed by atoms with Crippen LogP contribution in [0.4, 0.5) is 13.2 Å². The molecule has 1 aromatic carbocycles. The number of nitrogens with one attached hydrogen (secondary N) is 1. The first-order chi connectivity index (χ1) is 11.8. The number of halogens is 3. The van der Waals surface area contributed by atoms with Gasteiger partial charge in [0.15, 0.2) is 0 Å². The van der Waals surface area contributed by atoms with Crippen LogP contribution >= 0.6 is 0 Å². The minimum Gasteiger partial charge on any atom is -0.350 e. The van der Waals surface area contributed by atoms with Crippen LogP contribution in [0.5, 0.6) is 0 Å². The lowest BCUT2D eigenvalue weighted by molar-refractivity contribution is -0.137. The number of nitrogens with zero attached hydrogens (tertiary/aromatic N) is 1. The molecule has 0 radical (unpaired) electrons. The number of carbonyl (C=O) groups is 2. The second-order valence-electron chi connectivity index (χ2n) is 6.34. The van der Waals surface area contributed by atoms with Gasteiger partial charge >= 0.3 is 6.18 Å². The molecular formula is C18H23F3N2O2. The summed E-state index contributed by atoms with van der Waals surface area (Å²) in [5.74, 6) is -0.462. The average molecular weight is 356 g/mol. The molecule has 25 heavy (non-hydrogen) atoms. The van der Waals surface area contributed by atoms with Gasteiger partial charge < -0.3 is 10.2 Å². The van der Waals surface area contributed by atoms with Gasteiger partial charge in [0, 0.05) is 31.6 Å². The Morgan fingerprint density at radius 3 is 2.24 bits per heavy atom. The fraction of sp³-hybridized carbons (Fsp3) is 0.556. The fourth-order valence-corrected chi connectivity index (χ4v) is 3.19. The van der Waals surface area contributed by atoms with Crippen LogP contribution in [0.25, 0.3) is 0 Å². The van der Waals surface area contributed by atoms with Gasteiger partial charge in [-0.05, 0) is 37.1 Å². The monoisotopic (exact) mass is 356 g/mol. The van der Waals surface area contributed by atoms with E-state index >= 15 is 0 Å². The summed E-state index contributed by atoms with van der Waals surface area (Å²) in [6.45, 7) is 2.20. The predicted molar refractivity (Wildman–Crippen MR) is 88.0 cm³/mol. The molecule has 0 unspecified atom stereocenters. The molecule has 1 aromatic rings. The Bertz CT molecular complexity index is 593. The van der Waals surface area contributed by atoms with E-state index in [1.807, 2.05) is 0 Å². The summed E-state index contributed by atoms with van der Waals surface area (Å²) in [6, 6.07) is 4.30. The maximum absolute atomic E-state index is 12.5. The van der Waals surface area contributed by atoms with Crippen molar-refractivity contribution >= 4 is 11.8 Å². The molecule has 1 aliphatic carbocycles. The molecule has 4 nitrogen and oxygen atoms in total. The van der Waals surface area contributed by atoms with Crippen LogP contribution in [0.15, 0.2) is 24.3 Å². The van der Waals surface area contributed by atoms with E-state index in [-0.39, 0.29) is 24.1 Å². The summed E-state index contributed by atoms with van der Waals surface area (Å²) < 4.78 is 37.6. The van der Waals surface area contributed by atoms with E-state index in [1.165, 1.54) is 13.3 Å². The molecule has 1 aliphatic rings. The molecule has 1 fully saturated rings. The normalized spacial score (nSPS) is 15.7. The van der Waals surface area contributed by atoms with Crippen molar-refractivity contribution in [2.75, 3.05) is 13.1 Å². The topological polar surface area (TPSA) is 49.4 Å². The van der Waals surface area contributed by atoms with Gasteiger partial charge in [0.25, 0.3) is 5.91 Å². The number of hydrogen-bond acceptors (Lipinski definition) is 2. The smallest absolute Gasteiger partial charge is 0.350 e. The zero-order valence-electron chi connectivity index (χ0n) is 14.2. The summed E-state index contributed by atoms with van der Waals surface area (Å²) >= 11 is 0. The molecule has 1 N–H and O–H groups in total. The number of benzene rings is 1. The van der Waals surface area contributed by atoms with E-state index in [2.05, 4.69) is 5.32 Å². The van der Waals surface area contributed by atoms with Crippen LogP contribution in [-0.2, 0) is 11.0 Å². The van der Waals surface area contributed by atoms with Crippen molar-refractivity contribution in [3.8, 4) is 0 Å². The minimum absolute atomic E-state index is 0.0179. The van der Waals surface area contributed by atoms with E-state index in [0.717, 1.165) is 49.9 Å². The summed E-state index contributed by atoms with van der Waals surface area (Å²) in [6.07, 6.45) is 0.932. The molecule has 7 heteroatoms. The molecule has 0 aromatic heterocycles. The third kappa shape index (κ3) is 5.47. The molecule has 0 spiro atoms. The van der Waals surface area contributed by atoms with Crippen LogP contribution in [-0.4, -0.2) is 35.8 Å². The van der Waals surface area contributed by atoms with Crippen LogP contribution in [0, 0.1) is 0 Å². The first-order valence-corrected chi connectivity index (χ1v) is 8.51. The van der Waals surface area contributed by atoms with Crippen molar-refractivity contribution in [1.29, 1.82) is 0 Å². The molecule has 0 aliphatic heterocycles. The van der Waals surface area contributed by atoms with Crippen molar-refractivity contribution in [3.63, 3.8) is 0 Å². The first kappa shape index (κ1) is 19.3. The highest BCUT2D eigenvalue weighted by Crippen LogP contribution is 2.29. The van der Waals surface area contributed by atoms with Gasteiger partial charge in [-0.15, -0.1) is 0 Å². The summed E-state index contributed by atoms with van der Waals surface area (Å²) in [7, 11) is 0.